The third-order valence-corrected chi connectivity index (χ3v) is 2.70. The molecule has 2 N–H and O–H groups in total. The molecule has 0 aliphatic carbocycles. The van der Waals surface area contributed by atoms with Gasteiger partial charge in [0.05, 0.1) is 0 Å². The first-order chi connectivity index (χ1) is 8.74. The summed E-state index contributed by atoms with van der Waals surface area (Å²) in [5.41, 5.74) is 0. The number of unbranched alkanes of at least 4 members (excludes halogenated alkanes) is 1. The van der Waals surface area contributed by atoms with Crippen LogP contribution in [0.2, 0.25) is 0 Å². The second-order valence-electron chi connectivity index (χ2n) is 4.53. The van der Waals surface area contributed by atoms with E-state index in [1.54, 1.807) is 0 Å². The van der Waals surface area contributed by atoms with E-state index < -0.39 is 0 Å². The van der Waals surface area contributed by atoms with Gasteiger partial charge >= 0.3 is 0 Å². The van der Waals surface area contributed by atoms with Crippen LogP contribution in [0.4, 0.5) is 0 Å². The van der Waals surface area contributed by atoms with Gasteiger partial charge in [-0.15, -0.1) is 0 Å². The standard InChI is InChI=1S/C14H31N3O/c1-5-8-11-18-12-9-10-16-14(15-7-3)17-13(4)6-2/h13H,5-12H2,1-4H3,(H2,15,16,17). The molecule has 0 aliphatic rings. The molecule has 1 atom stereocenters. The molecule has 0 bridgehead atoms. The highest BCUT2D eigenvalue weighted by molar-refractivity contribution is 5.79. The Bertz CT molecular complexity index is 207. The van der Waals surface area contributed by atoms with Crippen LogP contribution in [-0.2, 0) is 4.74 Å². The Hall–Kier alpha value is -0.770. The smallest absolute Gasteiger partial charge is 0.191 e. The van der Waals surface area contributed by atoms with Crippen LogP contribution in [0.15, 0.2) is 4.99 Å². The lowest BCUT2D eigenvalue weighted by molar-refractivity contribution is 0.130. The van der Waals surface area contributed by atoms with Crippen molar-refractivity contribution in [3.8, 4) is 0 Å². The molecule has 18 heavy (non-hydrogen) atoms. The Balaban J connectivity index is 3.72. The van der Waals surface area contributed by atoms with Gasteiger partial charge < -0.3 is 15.4 Å². The van der Waals surface area contributed by atoms with Gasteiger partial charge in [0.25, 0.3) is 0 Å². The number of rotatable bonds is 10. The maximum Gasteiger partial charge on any atom is 0.191 e. The van der Waals surface area contributed by atoms with Crippen LogP contribution < -0.4 is 10.6 Å². The van der Waals surface area contributed by atoms with Crippen molar-refractivity contribution >= 4 is 5.96 Å². The van der Waals surface area contributed by atoms with E-state index in [0.717, 1.165) is 51.5 Å². The fourth-order valence-electron chi connectivity index (χ4n) is 1.36. The monoisotopic (exact) mass is 257 g/mol. The first-order valence-electron chi connectivity index (χ1n) is 7.37. The summed E-state index contributed by atoms with van der Waals surface area (Å²) in [6.07, 6.45) is 4.44. The summed E-state index contributed by atoms with van der Waals surface area (Å²) in [7, 11) is 0. The fraction of sp³-hybridized carbons (Fsp3) is 0.929. The van der Waals surface area contributed by atoms with Crippen molar-refractivity contribution in [1.82, 2.24) is 10.6 Å². The number of hydrogen-bond acceptors (Lipinski definition) is 2. The largest absolute Gasteiger partial charge is 0.381 e. The molecular weight excluding hydrogens is 226 g/mol. The highest BCUT2D eigenvalue weighted by Gasteiger charge is 2.01. The Morgan fingerprint density at radius 1 is 1.17 bits per heavy atom. The minimum absolute atomic E-state index is 0.462. The number of nitrogens with zero attached hydrogens (tertiary/aromatic N) is 1. The molecule has 0 fully saturated rings. The highest BCUT2D eigenvalue weighted by Crippen LogP contribution is 1.91. The molecule has 4 nitrogen and oxygen atoms in total. The maximum atomic E-state index is 5.51. The zero-order chi connectivity index (χ0) is 13.6. The molecule has 0 saturated heterocycles. The van der Waals surface area contributed by atoms with Crippen LogP contribution in [-0.4, -0.2) is 38.3 Å². The van der Waals surface area contributed by atoms with Gasteiger partial charge in [0, 0.05) is 32.3 Å². The molecule has 0 aromatic rings. The second-order valence-corrected chi connectivity index (χ2v) is 4.53. The van der Waals surface area contributed by atoms with Gasteiger partial charge in [-0.25, -0.2) is 0 Å². The van der Waals surface area contributed by atoms with Gasteiger partial charge in [-0.3, -0.25) is 4.99 Å². The van der Waals surface area contributed by atoms with Crippen LogP contribution >= 0.6 is 0 Å². The van der Waals surface area contributed by atoms with Gasteiger partial charge in [0.2, 0.25) is 0 Å². The van der Waals surface area contributed by atoms with Crippen molar-refractivity contribution in [3.05, 3.63) is 0 Å². The molecule has 0 amide bonds. The maximum absolute atomic E-state index is 5.51. The van der Waals surface area contributed by atoms with E-state index in [2.05, 4.69) is 43.3 Å². The highest BCUT2D eigenvalue weighted by atomic mass is 16.5. The molecule has 0 aromatic carbocycles. The molecule has 1 unspecified atom stereocenters. The predicted molar refractivity (Wildman–Crippen MR) is 79.2 cm³/mol. The van der Waals surface area contributed by atoms with Crippen LogP contribution in [0.3, 0.4) is 0 Å². The van der Waals surface area contributed by atoms with Crippen molar-refractivity contribution in [3.63, 3.8) is 0 Å². The third kappa shape index (κ3) is 10.4. The molecule has 0 aliphatic heterocycles. The minimum atomic E-state index is 0.462. The van der Waals surface area contributed by atoms with Crippen molar-refractivity contribution in [2.45, 2.75) is 59.4 Å². The van der Waals surface area contributed by atoms with E-state index in [4.69, 9.17) is 4.74 Å². The van der Waals surface area contributed by atoms with E-state index >= 15 is 0 Å². The molecule has 0 radical (unpaired) electrons. The summed E-state index contributed by atoms with van der Waals surface area (Å²) in [5, 5.41) is 6.63. The lowest BCUT2D eigenvalue weighted by Crippen LogP contribution is -2.42. The summed E-state index contributed by atoms with van der Waals surface area (Å²) in [4.78, 5) is 4.53. The summed E-state index contributed by atoms with van der Waals surface area (Å²) in [5.74, 6) is 0.917. The SMILES string of the molecule is CCCCOCCCN=C(NCC)NC(C)CC. The van der Waals surface area contributed by atoms with Gasteiger partial charge in [-0.05, 0) is 33.1 Å². The number of guanidine groups is 1. The van der Waals surface area contributed by atoms with Crippen LogP contribution in [0.1, 0.15) is 53.4 Å². The van der Waals surface area contributed by atoms with E-state index in [0.29, 0.717) is 6.04 Å². The van der Waals surface area contributed by atoms with Crippen molar-refractivity contribution < 1.29 is 4.74 Å². The van der Waals surface area contributed by atoms with Gasteiger partial charge in [0.1, 0.15) is 0 Å². The summed E-state index contributed by atoms with van der Waals surface area (Å²) >= 11 is 0. The number of nitrogens with one attached hydrogen (secondary N) is 2. The van der Waals surface area contributed by atoms with E-state index in [9.17, 15) is 0 Å². The summed E-state index contributed by atoms with van der Waals surface area (Å²) in [6.45, 7) is 12.0. The predicted octanol–water partition coefficient (Wildman–Crippen LogP) is 2.55. The van der Waals surface area contributed by atoms with Gasteiger partial charge in [-0.2, -0.15) is 0 Å². The molecule has 0 rings (SSSR count). The lowest BCUT2D eigenvalue weighted by atomic mass is 10.3. The van der Waals surface area contributed by atoms with E-state index in [1.807, 2.05) is 0 Å². The molecule has 0 spiro atoms. The molecule has 108 valence electrons. The van der Waals surface area contributed by atoms with Crippen molar-refractivity contribution in [2.24, 2.45) is 4.99 Å². The van der Waals surface area contributed by atoms with Gasteiger partial charge in [0.15, 0.2) is 5.96 Å². The Labute approximate surface area is 113 Å². The third-order valence-electron chi connectivity index (χ3n) is 2.70. The quantitative estimate of drug-likeness (QED) is 0.359. The molecule has 0 aromatic heterocycles. The molecular formula is C14H31N3O. The first-order valence-corrected chi connectivity index (χ1v) is 7.37. The number of ether oxygens (including phenoxy) is 1. The summed E-state index contributed by atoms with van der Waals surface area (Å²) in [6, 6.07) is 0.462. The van der Waals surface area contributed by atoms with Gasteiger partial charge in [-0.1, -0.05) is 20.3 Å². The zero-order valence-corrected chi connectivity index (χ0v) is 12.6. The Morgan fingerprint density at radius 2 is 1.89 bits per heavy atom. The first kappa shape index (κ1) is 17.2. The fourth-order valence-corrected chi connectivity index (χ4v) is 1.36. The zero-order valence-electron chi connectivity index (χ0n) is 12.6. The van der Waals surface area contributed by atoms with Crippen LogP contribution in [0.25, 0.3) is 0 Å². The number of hydrogen-bond donors (Lipinski definition) is 2. The average molecular weight is 257 g/mol. The van der Waals surface area contributed by atoms with Crippen molar-refractivity contribution in [1.29, 1.82) is 0 Å². The topological polar surface area (TPSA) is 45.6 Å². The minimum Gasteiger partial charge on any atom is -0.381 e. The summed E-state index contributed by atoms with van der Waals surface area (Å²) < 4.78 is 5.51. The average Bonchev–Trinajstić information content (AvgIpc) is 2.37. The Morgan fingerprint density at radius 3 is 2.50 bits per heavy atom. The van der Waals surface area contributed by atoms with E-state index in [-0.39, 0.29) is 0 Å². The lowest BCUT2D eigenvalue weighted by Gasteiger charge is -2.16. The van der Waals surface area contributed by atoms with Crippen LogP contribution in [0.5, 0.6) is 0 Å². The molecule has 0 saturated carbocycles. The van der Waals surface area contributed by atoms with E-state index in [1.165, 1.54) is 6.42 Å². The molecule has 0 heterocycles. The second kappa shape index (κ2) is 12.7. The number of aliphatic imine (C=N–C) groups is 1. The Kier molecular flexibility index (Phi) is 12.1. The van der Waals surface area contributed by atoms with Crippen LogP contribution in [0, 0.1) is 0 Å². The molecule has 4 heteroatoms. The normalized spacial score (nSPS) is 13.4. The van der Waals surface area contributed by atoms with Crippen molar-refractivity contribution in [2.75, 3.05) is 26.3 Å².